The number of anilines is 1. The Morgan fingerprint density at radius 1 is 1.04 bits per heavy atom. The summed E-state index contributed by atoms with van der Waals surface area (Å²) < 4.78 is 0. The zero-order valence-electron chi connectivity index (χ0n) is 16.1. The van der Waals surface area contributed by atoms with Gasteiger partial charge >= 0.3 is 0 Å². The SMILES string of the molecule is O=C(NCCc1ccccn1)C1CCCCC1C(=O)N1CCc2ccccc21. The highest BCUT2D eigenvalue weighted by atomic mass is 16.2. The fourth-order valence-electron chi connectivity index (χ4n) is 4.50. The largest absolute Gasteiger partial charge is 0.355 e. The number of hydrogen-bond acceptors (Lipinski definition) is 3. The van der Waals surface area contributed by atoms with Gasteiger partial charge in [-0.25, -0.2) is 0 Å². The van der Waals surface area contributed by atoms with Gasteiger partial charge in [0.2, 0.25) is 11.8 Å². The van der Waals surface area contributed by atoms with Gasteiger partial charge in [-0.1, -0.05) is 37.1 Å². The van der Waals surface area contributed by atoms with E-state index >= 15 is 0 Å². The maximum absolute atomic E-state index is 13.3. The van der Waals surface area contributed by atoms with Gasteiger partial charge in [-0.05, 0) is 43.0 Å². The zero-order chi connectivity index (χ0) is 19.3. The van der Waals surface area contributed by atoms with Gasteiger partial charge in [0.1, 0.15) is 0 Å². The number of amides is 2. The van der Waals surface area contributed by atoms with Gasteiger partial charge in [-0.15, -0.1) is 0 Å². The fraction of sp³-hybridized carbons (Fsp3) is 0.435. The number of carbonyl (C=O) groups is 2. The van der Waals surface area contributed by atoms with Gasteiger partial charge in [0.25, 0.3) is 0 Å². The predicted molar refractivity (Wildman–Crippen MR) is 109 cm³/mol. The first kappa shape index (κ1) is 18.7. The van der Waals surface area contributed by atoms with E-state index in [4.69, 9.17) is 0 Å². The number of fused-ring (bicyclic) bond motifs is 1. The van der Waals surface area contributed by atoms with Gasteiger partial charge in [-0.3, -0.25) is 14.6 Å². The predicted octanol–water partition coefficient (Wildman–Crippen LogP) is 3.14. The molecule has 1 saturated carbocycles. The van der Waals surface area contributed by atoms with E-state index in [0.29, 0.717) is 13.0 Å². The third kappa shape index (κ3) is 3.93. The van der Waals surface area contributed by atoms with Crippen LogP contribution in [0.5, 0.6) is 0 Å². The summed E-state index contributed by atoms with van der Waals surface area (Å²) in [6.45, 7) is 1.28. The Labute approximate surface area is 166 Å². The Morgan fingerprint density at radius 3 is 2.64 bits per heavy atom. The summed E-state index contributed by atoms with van der Waals surface area (Å²) in [5, 5.41) is 3.05. The minimum atomic E-state index is -0.224. The van der Waals surface area contributed by atoms with Crippen molar-refractivity contribution in [1.82, 2.24) is 10.3 Å². The quantitative estimate of drug-likeness (QED) is 0.871. The summed E-state index contributed by atoms with van der Waals surface area (Å²) in [5.74, 6) is -0.302. The molecule has 1 aromatic carbocycles. The number of nitrogens with zero attached hydrogens (tertiary/aromatic N) is 2. The highest BCUT2D eigenvalue weighted by Crippen LogP contribution is 2.35. The van der Waals surface area contributed by atoms with E-state index in [1.54, 1.807) is 6.20 Å². The molecule has 1 aromatic heterocycles. The third-order valence-corrected chi connectivity index (χ3v) is 5.98. The molecule has 146 valence electrons. The molecule has 0 spiro atoms. The van der Waals surface area contributed by atoms with Crippen molar-refractivity contribution in [2.45, 2.75) is 38.5 Å². The van der Waals surface area contributed by atoms with Crippen LogP contribution in [0.3, 0.4) is 0 Å². The Balaban J connectivity index is 1.40. The number of pyridine rings is 1. The van der Waals surface area contributed by atoms with Crippen molar-refractivity contribution in [2.75, 3.05) is 18.0 Å². The van der Waals surface area contributed by atoms with Crippen molar-refractivity contribution < 1.29 is 9.59 Å². The molecule has 1 N–H and O–H groups in total. The number of hydrogen-bond donors (Lipinski definition) is 1. The highest BCUT2D eigenvalue weighted by Gasteiger charge is 2.39. The van der Waals surface area contributed by atoms with Crippen LogP contribution in [0.2, 0.25) is 0 Å². The average Bonchev–Trinajstić information content (AvgIpc) is 3.18. The van der Waals surface area contributed by atoms with Crippen molar-refractivity contribution in [3.05, 3.63) is 59.9 Å². The van der Waals surface area contributed by atoms with Gasteiger partial charge < -0.3 is 10.2 Å². The lowest BCUT2D eigenvalue weighted by molar-refractivity contribution is -0.135. The molecular formula is C23H27N3O2. The Kier molecular flexibility index (Phi) is 5.70. The molecule has 1 fully saturated rings. The van der Waals surface area contributed by atoms with Crippen LogP contribution in [0, 0.1) is 11.8 Å². The zero-order valence-corrected chi connectivity index (χ0v) is 16.1. The van der Waals surface area contributed by atoms with Gasteiger partial charge in [-0.2, -0.15) is 0 Å². The second-order valence-electron chi connectivity index (χ2n) is 7.73. The molecule has 2 unspecified atom stereocenters. The lowest BCUT2D eigenvalue weighted by Gasteiger charge is -2.32. The first-order chi connectivity index (χ1) is 13.7. The lowest BCUT2D eigenvalue weighted by atomic mass is 9.77. The maximum Gasteiger partial charge on any atom is 0.230 e. The van der Waals surface area contributed by atoms with Gasteiger partial charge in [0, 0.05) is 43.0 Å². The molecule has 2 aromatic rings. The van der Waals surface area contributed by atoms with E-state index in [1.807, 2.05) is 41.3 Å². The number of rotatable bonds is 5. The topological polar surface area (TPSA) is 62.3 Å². The molecule has 0 bridgehead atoms. The summed E-state index contributed by atoms with van der Waals surface area (Å²) in [6, 6.07) is 13.9. The molecule has 2 aliphatic rings. The van der Waals surface area contributed by atoms with E-state index in [2.05, 4.69) is 16.4 Å². The molecule has 5 heteroatoms. The molecule has 2 atom stereocenters. The second kappa shape index (κ2) is 8.55. The standard InChI is InChI=1S/C23H27N3O2/c27-22(25-15-12-18-8-5-6-14-24-18)19-9-2-3-10-20(19)23(28)26-16-13-17-7-1-4-11-21(17)26/h1,4-8,11,14,19-20H,2-3,9-10,12-13,15-16H2,(H,25,27). The van der Waals surface area contributed by atoms with E-state index in [1.165, 1.54) is 5.56 Å². The number of aromatic nitrogens is 1. The molecule has 5 nitrogen and oxygen atoms in total. The van der Waals surface area contributed by atoms with Gasteiger partial charge in [0.15, 0.2) is 0 Å². The van der Waals surface area contributed by atoms with Crippen molar-refractivity contribution in [1.29, 1.82) is 0 Å². The first-order valence-electron chi connectivity index (χ1n) is 10.3. The van der Waals surface area contributed by atoms with Crippen LogP contribution in [0.25, 0.3) is 0 Å². The van der Waals surface area contributed by atoms with Crippen LogP contribution in [-0.4, -0.2) is 29.9 Å². The Morgan fingerprint density at radius 2 is 1.82 bits per heavy atom. The van der Waals surface area contributed by atoms with E-state index in [0.717, 1.165) is 50.0 Å². The molecule has 0 saturated heterocycles. The molecule has 2 heterocycles. The second-order valence-corrected chi connectivity index (χ2v) is 7.73. The van der Waals surface area contributed by atoms with E-state index in [9.17, 15) is 9.59 Å². The molecule has 2 amide bonds. The number of carbonyl (C=O) groups excluding carboxylic acids is 2. The van der Waals surface area contributed by atoms with Crippen molar-refractivity contribution in [3.63, 3.8) is 0 Å². The Bertz CT molecular complexity index is 837. The molecule has 0 radical (unpaired) electrons. The molecule has 1 aliphatic carbocycles. The number of benzene rings is 1. The van der Waals surface area contributed by atoms with Gasteiger partial charge in [0.05, 0.1) is 5.92 Å². The van der Waals surface area contributed by atoms with E-state index in [-0.39, 0.29) is 23.7 Å². The van der Waals surface area contributed by atoms with Crippen molar-refractivity contribution in [3.8, 4) is 0 Å². The average molecular weight is 377 g/mol. The fourth-order valence-corrected chi connectivity index (χ4v) is 4.50. The van der Waals surface area contributed by atoms with Crippen LogP contribution < -0.4 is 10.2 Å². The smallest absolute Gasteiger partial charge is 0.230 e. The Hall–Kier alpha value is -2.69. The maximum atomic E-state index is 13.3. The minimum Gasteiger partial charge on any atom is -0.355 e. The number of nitrogens with one attached hydrogen (secondary N) is 1. The summed E-state index contributed by atoms with van der Waals surface area (Å²) in [5.41, 5.74) is 3.21. The summed E-state index contributed by atoms with van der Waals surface area (Å²) in [4.78, 5) is 32.4. The van der Waals surface area contributed by atoms with Crippen LogP contribution in [0.1, 0.15) is 36.9 Å². The van der Waals surface area contributed by atoms with Crippen molar-refractivity contribution >= 4 is 17.5 Å². The van der Waals surface area contributed by atoms with Crippen LogP contribution >= 0.6 is 0 Å². The summed E-state index contributed by atoms with van der Waals surface area (Å²) >= 11 is 0. The monoisotopic (exact) mass is 377 g/mol. The molecule has 4 rings (SSSR count). The van der Waals surface area contributed by atoms with Crippen LogP contribution in [-0.2, 0) is 22.4 Å². The van der Waals surface area contributed by atoms with Crippen LogP contribution in [0.15, 0.2) is 48.7 Å². The van der Waals surface area contributed by atoms with E-state index < -0.39 is 0 Å². The highest BCUT2D eigenvalue weighted by molar-refractivity contribution is 5.99. The number of para-hydroxylation sites is 1. The summed E-state index contributed by atoms with van der Waals surface area (Å²) in [7, 11) is 0. The van der Waals surface area contributed by atoms with Crippen LogP contribution in [0.4, 0.5) is 5.69 Å². The normalized spacial score (nSPS) is 21.2. The molecular weight excluding hydrogens is 350 g/mol. The molecule has 1 aliphatic heterocycles. The summed E-state index contributed by atoms with van der Waals surface area (Å²) in [6.07, 6.45) is 6.99. The third-order valence-electron chi connectivity index (χ3n) is 5.98. The van der Waals surface area contributed by atoms with Crippen molar-refractivity contribution in [2.24, 2.45) is 11.8 Å². The lowest BCUT2D eigenvalue weighted by Crippen LogP contribution is -2.45. The minimum absolute atomic E-state index is 0.0152. The first-order valence-corrected chi connectivity index (χ1v) is 10.3. The molecule has 28 heavy (non-hydrogen) atoms.